The van der Waals surface area contributed by atoms with E-state index in [1.807, 2.05) is 44.3 Å². The van der Waals surface area contributed by atoms with E-state index >= 15 is 0 Å². The predicted molar refractivity (Wildman–Crippen MR) is 114 cm³/mol. The Morgan fingerprint density at radius 2 is 2.00 bits per heavy atom. The lowest BCUT2D eigenvalue weighted by Crippen LogP contribution is -2.38. The monoisotopic (exact) mass is 395 g/mol. The van der Waals surface area contributed by atoms with Crippen LogP contribution in [-0.4, -0.2) is 34.9 Å². The van der Waals surface area contributed by atoms with Crippen molar-refractivity contribution >= 4 is 17.3 Å². The van der Waals surface area contributed by atoms with Crippen molar-refractivity contribution in [2.75, 3.05) is 14.1 Å². The van der Waals surface area contributed by atoms with Crippen molar-refractivity contribution in [3.05, 3.63) is 76.0 Å². The lowest BCUT2D eigenvalue weighted by molar-refractivity contribution is 0.301. The van der Waals surface area contributed by atoms with Gasteiger partial charge in [0, 0.05) is 32.2 Å². The van der Waals surface area contributed by atoms with Gasteiger partial charge in [0.2, 0.25) is 0 Å². The highest BCUT2D eigenvalue weighted by Crippen LogP contribution is 2.14. The van der Waals surface area contributed by atoms with Crippen LogP contribution >= 0.6 is 11.3 Å². The molecule has 0 unspecified atom stereocenters. The Bertz CT molecular complexity index is 893. The molecule has 28 heavy (non-hydrogen) atoms. The molecule has 1 N–H and O–H groups in total. The molecule has 0 amide bonds. The second kappa shape index (κ2) is 9.85. The summed E-state index contributed by atoms with van der Waals surface area (Å²) in [6, 6.07) is 13.9. The number of hydrogen-bond donors (Lipinski definition) is 1. The quantitative estimate of drug-likeness (QED) is 0.489. The molecule has 0 saturated heterocycles. The number of benzene rings is 1. The Labute approximate surface area is 169 Å². The van der Waals surface area contributed by atoms with Gasteiger partial charge in [0.05, 0.1) is 22.9 Å². The second-order valence-corrected chi connectivity index (χ2v) is 7.43. The summed E-state index contributed by atoms with van der Waals surface area (Å²) in [5, 5.41) is 6.56. The summed E-state index contributed by atoms with van der Waals surface area (Å²) in [5.41, 5.74) is 3.13. The first kappa shape index (κ1) is 19.8. The SMILES string of the molecule is CN=C(NCc1ccc(OCc2ccccn2)cc1)N(C)Cc1csc(C)n1. The molecular formula is C21H25N5OS. The Morgan fingerprint density at radius 1 is 1.18 bits per heavy atom. The van der Waals surface area contributed by atoms with Crippen LogP contribution in [0.5, 0.6) is 5.75 Å². The third kappa shape index (κ3) is 5.79. The van der Waals surface area contributed by atoms with Crippen molar-refractivity contribution in [3.8, 4) is 5.75 Å². The molecule has 0 bridgehead atoms. The lowest BCUT2D eigenvalue weighted by Gasteiger charge is -2.21. The number of thiazole rings is 1. The van der Waals surface area contributed by atoms with Gasteiger partial charge >= 0.3 is 0 Å². The molecule has 0 aliphatic carbocycles. The number of nitrogens with one attached hydrogen (secondary N) is 1. The maximum Gasteiger partial charge on any atom is 0.194 e. The zero-order chi connectivity index (χ0) is 19.8. The number of aryl methyl sites for hydroxylation is 1. The fourth-order valence-electron chi connectivity index (χ4n) is 2.71. The van der Waals surface area contributed by atoms with E-state index in [2.05, 4.69) is 42.7 Å². The molecule has 7 heteroatoms. The predicted octanol–water partition coefficient (Wildman–Crippen LogP) is 3.63. The van der Waals surface area contributed by atoms with Gasteiger partial charge in [-0.25, -0.2) is 4.98 Å². The van der Waals surface area contributed by atoms with E-state index in [0.717, 1.165) is 40.2 Å². The van der Waals surface area contributed by atoms with E-state index in [0.29, 0.717) is 13.2 Å². The number of pyridine rings is 1. The summed E-state index contributed by atoms with van der Waals surface area (Å²) >= 11 is 1.67. The van der Waals surface area contributed by atoms with Crippen molar-refractivity contribution in [2.24, 2.45) is 4.99 Å². The third-order valence-electron chi connectivity index (χ3n) is 4.13. The number of ether oxygens (including phenoxy) is 1. The van der Waals surface area contributed by atoms with E-state index in [1.54, 1.807) is 24.6 Å². The highest BCUT2D eigenvalue weighted by atomic mass is 32.1. The van der Waals surface area contributed by atoms with Crippen LogP contribution in [0.3, 0.4) is 0 Å². The molecule has 0 atom stereocenters. The van der Waals surface area contributed by atoms with Gasteiger partial charge in [-0.15, -0.1) is 11.3 Å². The number of aliphatic imine (C=N–C) groups is 1. The molecular weight excluding hydrogens is 370 g/mol. The molecule has 0 saturated carbocycles. The Hall–Kier alpha value is -2.93. The van der Waals surface area contributed by atoms with Gasteiger partial charge in [-0.1, -0.05) is 18.2 Å². The number of guanidine groups is 1. The van der Waals surface area contributed by atoms with E-state index < -0.39 is 0 Å². The first-order chi connectivity index (χ1) is 13.6. The highest BCUT2D eigenvalue weighted by Gasteiger charge is 2.08. The maximum atomic E-state index is 5.78. The van der Waals surface area contributed by atoms with Gasteiger partial charge in [0.15, 0.2) is 5.96 Å². The molecule has 0 spiro atoms. The minimum atomic E-state index is 0.464. The van der Waals surface area contributed by atoms with Crippen molar-refractivity contribution in [1.29, 1.82) is 0 Å². The fraction of sp³-hybridized carbons (Fsp3) is 0.286. The summed E-state index contributed by atoms with van der Waals surface area (Å²) in [4.78, 5) is 15.2. The molecule has 1 aromatic carbocycles. The fourth-order valence-corrected chi connectivity index (χ4v) is 3.31. The molecule has 3 aromatic rings. The van der Waals surface area contributed by atoms with Crippen LogP contribution in [0.1, 0.15) is 22.0 Å². The highest BCUT2D eigenvalue weighted by molar-refractivity contribution is 7.09. The van der Waals surface area contributed by atoms with Crippen molar-refractivity contribution in [1.82, 2.24) is 20.2 Å². The lowest BCUT2D eigenvalue weighted by atomic mass is 10.2. The maximum absolute atomic E-state index is 5.78. The summed E-state index contributed by atoms with van der Waals surface area (Å²) in [6.45, 7) is 3.90. The Balaban J connectivity index is 1.49. The van der Waals surface area contributed by atoms with E-state index in [-0.39, 0.29) is 0 Å². The molecule has 146 valence electrons. The second-order valence-electron chi connectivity index (χ2n) is 6.37. The average molecular weight is 396 g/mol. The first-order valence-electron chi connectivity index (χ1n) is 9.08. The summed E-state index contributed by atoms with van der Waals surface area (Å²) < 4.78 is 5.78. The molecule has 3 rings (SSSR count). The van der Waals surface area contributed by atoms with Gasteiger partial charge in [-0.05, 0) is 36.8 Å². The number of hydrogen-bond acceptors (Lipinski definition) is 5. The molecule has 0 radical (unpaired) electrons. The van der Waals surface area contributed by atoms with Crippen LogP contribution in [0.2, 0.25) is 0 Å². The molecule has 0 aliphatic rings. The summed E-state index contributed by atoms with van der Waals surface area (Å²) in [6.07, 6.45) is 1.77. The minimum absolute atomic E-state index is 0.464. The molecule has 2 heterocycles. The van der Waals surface area contributed by atoms with Crippen molar-refractivity contribution in [2.45, 2.75) is 26.6 Å². The number of aromatic nitrogens is 2. The smallest absolute Gasteiger partial charge is 0.194 e. The standard InChI is InChI=1S/C21H25N5OS/c1-16-25-19(15-28-16)13-26(3)21(22-2)24-12-17-7-9-20(10-8-17)27-14-18-6-4-5-11-23-18/h4-11,15H,12-14H2,1-3H3,(H,22,24). The van der Waals surface area contributed by atoms with Crippen molar-refractivity contribution in [3.63, 3.8) is 0 Å². The molecule has 2 aromatic heterocycles. The van der Waals surface area contributed by atoms with Crippen LogP contribution in [0.4, 0.5) is 0 Å². The van der Waals surface area contributed by atoms with E-state index in [1.165, 1.54) is 0 Å². The zero-order valence-corrected chi connectivity index (χ0v) is 17.2. The van der Waals surface area contributed by atoms with Crippen LogP contribution in [0.25, 0.3) is 0 Å². The van der Waals surface area contributed by atoms with Crippen LogP contribution < -0.4 is 10.1 Å². The van der Waals surface area contributed by atoms with E-state index in [4.69, 9.17) is 4.74 Å². The van der Waals surface area contributed by atoms with Gasteiger partial charge in [0.1, 0.15) is 12.4 Å². The average Bonchev–Trinajstić information content (AvgIpc) is 3.13. The van der Waals surface area contributed by atoms with Gasteiger partial charge in [-0.2, -0.15) is 0 Å². The molecule has 6 nitrogen and oxygen atoms in total. The summed E-state index contributed by atoms with van der Waals surface area (Å²) in [7, 11) is 3.80. The molecule has 0 aliphatic heterocycles. The van der Waals surface area contributed by atoms with Gasteiger partial charge in [-0.3, -0.25) is 9.98 Å². The van der Waals surface area contributed by atoms with Crippen LogP contribution in [0, 0.1) is 6.92 Å². The number of nitrogens with zero attached hydrogens (tertiary/aromatic N) is 4. The largest absolute Gasteiger partial charge is 0.487 e. The van der Waals surface area contributed by atoms with E-state index in [9.17, 15) is 0 Å². The van der Waals surface area contributed by atoms with Crippen LogP contribution in [-0.2, 0) is 19.7 Å². The Morgan fingerprint density at radius 3 is 2.64 bits per heavy atom. The van der Waals surface area contributed by atoms with Gasteiger partial charge < -0.3 is 15.0 Å². The first-order valence-corrected chi connectivity index (χ1v) is 9.96. The third-order valence-corrected chi connectivity index (χ3v) is 4.95. The number of rotatable bonds is 7. The normalized spacial score (nSPS) is 11.3. The zero-order valence-electron chi connectivity index (χ0n) is 16.4. The van der Waals surface area contributed by atoms with Crippen LogP contribution in [0.15, 0.2) is 59.0 Å². The van der Waals surface area contributed by atoms with Gasteiger partial charge in [0.25, 0.3) is 0 Å². The Kier molecular flexibility index (Phi) is 6.97. The van der Waals surface area contributed by atoms with Crippen molar-refractivity contribution < 1.29 is 4.74 Å². The topological polar surface area (TPSA) is 62.6 Å². The molecule has 0 fully saturated rings. The summed E-state index contributed by atoms with van der Waals surface area (Å²) in [5.74, 6) is 1.66. The minimum Gasteiger partial charge on any atom is -0.487 e.